The van der Waals surface area contributed by atoms with Crippen molar-refractivity contribution in [3.05, 3.63) is 152 Å². The molecule has 0 saturated heterocycles. The molecule has 1 aliphatic heterocycles. The first-order valence-corrected chi connectivity index (χ1v) is 13.6. The minimum Gasteiger partial charge on any atom is -0.277 e. The molecule has 0 fully saturated rings. The Balaban J connectivity index is 1.46. The fourth-order valence-corrected chi connectivity index (χ4v) is 7.31. The third-order valence-corrected chi connectivity index (χ3v) is 9.33. The molecule has 4 heteroatoms. The van der Waals surface area contributed by atoms with Crippen LogP contribution in [0.3, 0.4) is 0 Å². The Bertz CT molecular complexity index is 1470. The molecule has 0 saturated carbocycles. The van der Waals surface area contributed by atoms with Gasteiger partial charge in [-0.15, -0.1) is 0 Å². The van der Waals surface area contributed by atoms with Crippen LogP contribution in [0.1, 0.15) is 0 Å². The highest BCUT2D eigenvalue weighted by Crippen LogP contribution is 2.60. The second-order valence-corrected chi connectivity index (χ2v) is 11.2. The van der Waals surface area contributed by atoms with E-state index in [9.17, 15) is 0 Å². The minimum atomic E-state index is -3.25. The number of anilines is 2. The highest BCUT2D eigenvalue weighted by Gasteiger charge is 2.42. The predicted molar refractivity (Wildman–Crippen MR) is 152 cm³/mol. The third-order valence-electron chi connectivity index (χ3n) is 6.46. The zero-order valence-electron chi connectivity index (χ0n) is 19.7. The lowest BCUT2D eigenvalue weighted by atomic mass is 10.1. The molecule has 0 amide bonds. The number of hydrogen-bond donors (Lipinski definition) is 0. The van der Waals surface area contributed by atoms with Crippen LogP contribution in [-0.4, -0.2) is 0 Å². The summed E-state index contributed by atoms with van der Waals surface area (Å²) in [6.07, 6.45) is 3.88. The monoisotopic (exact) mass is 484 g/mol. The van der Waals surface area contributed by atoms with E-state index in [4.69, 9.17) is 0 Å². The van der Waals surface area contributed by atoms with Gasteiger partial charge in [0.15, 0.2) is 0 Å². The normalized spacial score (nSPS) is 14.2. The zero-order chi connectivity index (χ0) is 24.4. The van der Waals surface area contributed by atoms with Gasteiger partial charge >= 0.3 is 7.44 Å². The summed E-state index contributed by atoms with van der Waals surface area (Å²) in [6.45, 7) is 0. The van der Waals surface area contributed by atoms with E-state index >= 15 is 4.57 Å². The van der Waals surface area contributed by atoms with Crippen molar-refractivity contribution < 1.29 is 4.57 Å². The van der Waals surface area contributed by atoms with E-state index in [0.29, 0.717) is 0 Å². The molecular formula is C32H25N2OP. The van der Waals surface area contributed by atoms with Gasteiger partial charge in [0.1, 0.15) is 0 Å². The first-order valence-electron chi connectivity index (χ1n) is 12.0. The van der Waals surface area contributed by atoms with Crippen LogP contribution in [0.5, 0.6) is 0 Å². The molecular weight excluding hydrogens is 459 g/mol. The largest absolute Gasteiger partial charge is 0.300 e. The fourth-order valence-electron chi connectivity index (χ4n) is 4.68. The molecule has 5 aromatic rings. The quantitative estimate of drug-likeness (QED) is 0.234. The molecule has 0 N–H and O–H groups in total. The van der Waals surface area contributed by atoms with Crippen LogP contribution in [0, 0.1) is 0 Å². The molecule has 0 bridgehead atoms. The maximum atomic E-state index is 15.2. The van der Waals surface area contributed by atoms with Crippen molar-refractivity contribution in [2.24, 2.45) is 0 Å². The van der Waals surface area contributed by atoms with E-state index in [-0.39, 0.29) is 0 Å². The molecule has 0 radical (unpaired) electrons. The SMILES string of the molecule is O=P1(c2ccccc2)N(c2cccc(-c3ccccc3)c2)C=CN1c1cccc(-c2ccccc2)c1. The smallest absolute Gasteiger partial charge is 0.277 e. The molecule has 0 unspecified atom stereocenters. The number of hydrogen-bond acceptors (Lipinski definition) is 1. The molecule has 0 spiro atoms. The Morgan fingerprint density at radius 3 is 1.25 bits per heavy atom. The van der Waals surface area contributed by atoms with E-state index in [1.165, 1.54) is 0 Å². The Kier molecular flexibility index (Phi) is 5.77. The van der Waals surface area contributed by atoms with Crippen molar-refractivity contribution in [2.75, 3.05) is 9.34 Å². The summed E-state index contributed by atoms with van der Waals surface area (Å²) in [4.78, 5) is 0. The van der Waals surface area contributed by atoms with Crippen LogP contribution in [0.25, 0.3) is 22.3 Å². The summed E-state index contributed by atoms with van der Waals surface area (Å²) >= 11 is 0. The van der Waals surface area contributed by atoms with Crippen molar-refractivity contribution in [3.8, 4) is 22.3 Å². The second kappa shape index (κ2) is 9.37. The summed E-state index contributed by atoms with van der Waals surface area (Å²) in [7, 11) is -3.25. The van der Waals surface area contributed by atoms with Crippen molar-refractivity contribution in [1.29, 1.82) is 0 Å². The molecule has 1 heterocycles. The average Bonchev–Trinajstić information content (AvgIpc) is 3.33. The summed E-state index contributed by atoms with van der Waals surface area (Å²) in [5.41, 5.74) is 6.22. The molecule has 1 aliphatic rings. The average molecular weight is 485 g/mol. The van der Waals surface area contributed by atoms with Gasteiger partial charge in [-0.1, -0.05) is 103 Å². The molecule has 6 rings (SSSR count). The first kappa shape index (κ1) is 22.2. The Hall–Kier alpha value is -4.33. The topological polar surface area (TPSA) is 23.6 Å². The number of rotatable bonds is 5. The summed E-state index contributed by atoms with van der Waals surface area (Å²) < 4.78 is 19.0. The van der Waals surface area contributed by atoms with E-state index in [2.05, 4.69) is 48.5 Å². The van der Waals surface area contributed by atoms with Crippen LogP contribution in [-0.2, 0) is 4.57 Å². The van der Waals surface area contributed by atoms with Crippen LogP contribution in [0.2, 0.25) is 0 Å². The third kappa shape index (κ3) is 3.94. The summed E-state index contributed by atoms with van der Waals surface area (Å²) in [6, 6.07) is 46.8. The highest BCUT2D eigenvalue weighted by molar-refractivity contribution is 7.75. The van der Waals surface area contributed by atoms with Gasteiger partial charge in [-0.3, -0.25) is 13.9 Å². The van der Waals surface area contributed by atoms with Crippen molar-refractivity contribution in [3.63, 3.8) is 0 Å². The summed E-state index contributed by atoms with van der Waals surface area (Å²) in [5, 5.41) is 0.783. The Morgan fingerprint density at radius 1 is 0.417 bits per heavy atom. The van der Waals surface area contributed by atoms with Gasteiger partial charge in [-0.05, 0) is 58.7 Å². The summed E-state index contributed by atoms with van der Waals surface area (Å²) in [5.74, 6) is 0. The lowest BCUT2D eigenvalue weighted by Gasteiger charge is -2.33. The van der Waals surface area contributed by atoms with Gasteiger partial charge in [-0.2, -0.15) is 0 Å². The molecule has 0 atom stereocenters. The Morgan fingerprint density at radius 2 is 0.806 bits per heavy atom. The van der Waals surface area contributed by atoms with Gasteiger partial charge in [0, 0.05) is 23.8 Å². The molecule has 36 heavy (non-hydrogen) atoms. The van der Waals surface area contributed by atoms with Crippen molar-refractivity contribution >= 4 is 24.1 Å². The van der Waals surface area contributed by atoms with Gasteiger partial charge in [0.05, 0.1) is 5.30 Å². The van der Waals surface area contributed by atoms with E-state index < -0.39 is 7.44 Å². The van der Waals surface area contributed by atoms with Gasteiger partial charge in [-0.25, -0.2) is 0 Å². The molecule has 3 nitrogen and oxygen atoms in total. The minimum absolute atomic E-state index is 0.783. The molecule has 0 aromatic heterocycles. The lowest BCUT2D eigenvalue weighted by Crippen LogP contribution is -2.26. The zero-order valence-corrected chi connectivity index (χ0v) is 20.6. The predicted octanol–water partition coefficient (Wildman–Crippen LogP) is 8.34. The maximum Gasteiger partial charge on any atom is 0.300 e. The van der Waals surface area contributed by atoms with Crippen LogP contribution in [0.4, 0.5) is 11.4 Å². The lowest BCUT2D eigenvalue weighted by molar-refractivity contribution is 0.582. The molecule has 0 aliphatic carbocycles. The van der Waals surface area contributed by atoms with Crippen LogP contribution in [0.15, 0.2) is 152 Å². The second-order valence-electron chi connectivity index (χ2n) is 8.70. The van der Waals surface area contributed by atoms with Gasteiger partial charge in [0.25, 0.3) is 0 Å². The Labute approximate surface area is 212 Å². The highest BCUT2D eigenvalue weighted by atomic mass is 31.2. The van der Waals surface area contributed by atoms with Gasteiger partial charge in [0.2, 0.25) is 0 Å². The van der Waals surface area contributed by atoms with Crippen LogP contribution >= 0.6 is 7.44 Å². The van der Waals surface area contributed by atoms with E-state index in [0.717, 1.165) is 38.9 Å². The molecule has 5 aromatic carbocycles. The van der Waals surface area contributed by atoms with Crippen LogP contribution < -0.4 is 14.6 Å². The number of benzene rings is 5. The van der Waals surface area contributed by atoms with Crippen molar-refractivity contribution in [2.45, 2.75) is 0 Å². The van der Waals surface area contributed by atoms with E-state index in [1.54, 1.807) is 0 Å². The molecule has 174 valence electrons. The maximum absolute atomic E-state index is 15.2. The number of nitrogens with zero attached hydrogens (tertiary/aromatic N) is 2. The first-order chi connectivity index (χ1) is 17.7. The fraction of sp³-hybridized carbons (Fsp3) is 0. The standard InChI is InChI=1S/C32H25N2OP/c35-36(32-20-8-3-9-21-32)33(30-18-10-16-28(24-30)26-12-4-1-5-13-26)22-23-34(36)31-19-11-17-29(25-31)27-14-6-2-7-15-27/h1-25H. The van der Waals surface area contributed by atoms with Gasteiger partial charge < -0.3 is 0 Å². The van der Waals surface area contributed by atoms with E-state index in [1.807, 2.05) is 113 Å². The van der Waals surface area contributed by atoms with Crippen molar-refractivity contribution in [1.82, 2.24) is 0 Å².